The van der Waals surface area contributed by atoms with Crippen molar-refractivity contribution in [3.8, 4) is 0 Å². The number of nitrogens with zero attached hydrogens (tertiary/aromatic N) is 2. The number of carbonyl (C=O) groups is 3. The van der Waals surface area contributed by atoms with Crippen LogP contribution in [0, 0.1) is 0 Å². The van der Waals surface area contributed by atoms with E-state index in [0.717, 1.165) is 35.7 Å². The van der Waals surface area contributed by atoms with Crippen LogP contribution in [0.2, 0.25) is 0 Å². The molecular weight excluding hydrogens is 304 g/mol. The zero-order valence-electron chi connectivity index (χ0n) is 13.5. The summed E-state index contributed by atoms with van der Waals surface area (Å²) in [5.74, 6) is -0.748. The van der Waals surface area contributed by atoms with Gasteiger partial charge in [-0.2, -0.15) is 0 Å². The first-order valence-corrected chi connectivity index (χ1v) is 8.03. The fourth-order valence-corrected chi connectivity index (χ4v) is 3.39. The molecule has 1 aromatic rings. The lowest BCUT2D eigenvalue weighted by Crippen LogP contribution is -2.40. The zero-order valence-corrected chi connectivity index (χ0v) is 13.5. The number of allylic oxidation sites excluding steroid dienone is 1. The molecule has 1 atom stereocenters. The molecule has 1 aromatic carbocycles. The average molecular weight is 324 g/mol. The van der Waals surface area contributed by atoms with Crippen molar-refractivity contribution in [2.24, 2.45) is 0 Å². The minimum Gasteiger partial charge on any atom is -0.301 e. The minimum absolute atomic E-state index is 0.374. The lowest BCUT2D eigenvalue weighted by Gasteiger charge is -2.20. The summed E-state index contributed by atoms with van der Waals surface area (Å²) in [5, 5.41) is 0. The smallest absolute Gasteiger partial charge is 0.262 e. The number of imide groups is 1. The minimum atomic E-state index is -0.734. The summed E-state index contributed by atoms with van der Waals surface area (Å²) in [6.45, 7) is 9.60. The molecule has 0 N–H and O–H groups in total. The molecule has 2 aliphatic heterocycles. The molecule has 2 heterocycles. The van der Waals surface area contributed by atoms with Gasteiger partial charge in [-0.15, -0.1) is 13.2 Å². The second kappa shape index (κ2) is 6.53. The topological polar surface area (TPSA) is 57.7 Å². The van der Waals surface area contributed by atoms with Crippen LogP contribution in [0.15, 0.2) is 37.4 Å². The quantitative estimate of drug-likeness (QED) is 0.439. The van der Waals surface area contributed by atoms with E-state index in [1.54, 1.807) is 6.08 Å². The van der Waals surface area contributed by atoms with E-state index in [0.29, 0.717) is 30.3 Å². The Labute approximate surface area is 141 Å². The van der Waals surface area contributed by atoms with Crippen molar-refractivity contribution in [2.45, 2.75) is 32.0 Å². The molecule has 0 aromatic heterocycles. The van der Waals surface area contributed by atoms with Crippen molar-refractivity contribution in [1.29, 1.82) is 0 Å². The second-order valence-electron chi connectivity index (χ2n) is 6.17. The Bertz CT molecular complexity index is 693. The summed E-state index contributed by atoms with van der Waals surface area (Å²) in [6, 6.07) is 2.88. The van der Waals surface area contributed by atoms with Gasteiger partial charge in [-0.25, -0.2) is 0 Å². The van der Waals surface area contributed by atoms with Crippen molar-refractivity contribution >= 4 is 18.1 Å². The van der Waals surface area contributed by atoms with Crippen LogP contribution < -0.4 is 0 Å². The fraction of sp³-hybridized carbons (Fsp3) is 0.316. The SMILES string of the molecule is C=CCCC(C=O)N1C(=O)c2cc3c(cc2C1=O)CN(CC=C)C3. The van der Waals surface area contributed by atoms with E-state index in [1.165, 1.54) is 0 Å². The Morgan fingerprint density at radius 3 is 2.08 bits per heavy atom. The number of fused-ring (bicyclic) bond motifs is 2. The summed E-state index contributed by atoms with van der Waals surface area (Å²) in [6.07, 6.45) is 5.17. The molecule has 2 amide bonds. The first kappa shape index (κ1) is 16.3. The molecule has 0 fully saturated rings. The second-order valence-corrected chi connectivity index (χ2v) is 6.17. The molecule has 5 heteroatoms. The van der Waals surface area contributed by atoms with Crippen LogP contribution in [0.5, 0.6) is 0 Å². The highest BCUT2D eigenvalue weighted by Crippen LogP contribution is 2.32. The molecule has 1 unspecified atom stereocenters. The number of aldehydes is 1. The van der Waals surface area contributed by atoms with Gasteiger partial charge in [-0.1, -0.05) is 12.2 Å². The van der Waals surface area contributed by atoms with Crippen molar-refractivity contribution in [2.75, 3.05) is 6.54 Å². The highest BCUT2D eigenvalue weighted by atomic mass is 16.2. The van der Waals surface area contributed by atoms with Gasteiger partial charge in [0.25, 0.3) is 11.8 Å². The van der Waals surface area contributed by atoms with E-state index in [-0.39, 0.29) is 11.8 Å². The molecule has 3 rings (SSSR count). The standard InChI is InChI=1S/C19H20N2O3/c1-3-5-6-15(12-22)21-18(23)16-8-13-10-20(7-4-2)11-14(13)9-17(16)19(21)24/h3-4,8-9,12,15H,1-2,5-7,10-11H2. The number of benzene rings is 1. The third-order valence-corrected chi connectivity index (χ3v) is 4.57. The van der Waals surface area contributed by atoms with Gasteiger partial charge in [0.15, 0.2) is 0 Å². The third kappa shape index (κ3) is 2.61. The van der Waals surface area contributed by atoms with E-state index in [9.17, 15) is 14.4 Å². The molecule has 0 bridgehead atoms. The highest BCUT2D eigenvalue weighted by molar-refractivity contribution is 6.22. The highest BCUT2D eigenvalue weighted by Gasteiger charge is 2.41. The zero-order chi connectivity index (χ0) is 17.3. The molecular formula is C19H20N2O3. The predicted molar refractivity (Wildman–Crippen MR) is 90.5 cm³/mol. The van der Waals surface area contributed by atoms with Gasteiger partial charge in [0, 0.05) is 19.6 Å². The lowest BCUT2D eigenvalue weighted by molar-refractivity contribution is -0.111. The lowest BCUT2D eigenvalue weighted by atomic mass is 10.0. The normalized spacial score (nSPS) is 17.6. The van der Waals surface area contributed by atoms with E-state index in [2.05, 4.69) is 18.1 Å². The maximum Gasteiger partial charge on any atom is 0.262 e. The summed E-state index contributed by atoms with van der Waals surface area (Å²) in [5.41, 5.74) is 2.94. The largest absolute Gasteiger partial charge is 0.301 e. The molecule has 0 saturated heterocycles. The van der Waals surface area contributed by atoms with E-state index in [1.807, 2.05) is 18.2 Å². The monoisotopic (exact) mass is 324 g/mol. The van der Waals surface area contributed by atoms with Crippen LogP contribution in [0.25, 0.3) is 0 Å². The molecule has 24 heavy (non-hydrogen) atoms. The first-order chi connectivity index (χ1) is 11.6. The number of carbonyl (C=O) groups excluding carboxylic acids is 3. The Morgan fingerprint density at radius 2 is 1.62 bits per heavy atom. The van der Waals surface area contributed by atoms with Gasteiger partial charge in [-0.3, -0.25) is 19.4 Å². The van der Waals surface area contributed by atoms with E-state index < -0.39 is 6.04 Å². The summed E-state index contributed by atoms with van der Waals surface area (Å²) in [4.78, 5) is 40.0. The summed E-state index contributed by atoms with van der Waals surface area (Å²) < 4.78 is 0. The van der Waals surface area contributed by atoms with Crippen molar-refractivity contribution < 1.29 is 14.4 Å². The molecule has 0 radical (unpaired) electrons. The van der Waals surface area contributed by atoms with E-state index >= 15 is 0 Å². The van der Waals surface area contributed by atoms with Crippen LogP contribution >= 0.6 is 0 Å². The molecule has 0 saturated carbocycles. The Hall–Kier alpha value is -2.53. The van der Waals surface area contributed by atoms with Crippen LogP contribution in [-0.4, -0.2) is 40.5 Å². The molecule has 124 valence electrons. The molecule has 0 aliphatic carbocycles. The van der Waals surface area contributed by atoms with Crippen molar-refractivity contribution in [3.05, 3.63) is 59.7 Å². The fourth-order valence-electron chi connectivity index (χ4n) is 3.39. The van der Waals surface area contributed by atoms with Gasteiger partial charge < -0.3 is 4.79 Å². The van der Waals surface area contributed by atoms with Crippen molar-refractivity contribution in [1.82, 2.24) is 9.80 Å². The van der Waals surface area contributed by atoms with Gasteiger partial charge in [0.2, 0.25) is 0 Å². The first-order valence-electron chi connectivity index (χ1n) is 8.03. The average Bonchev–Trinajstić information content (AvgIpc) is 3.07. The predicted octanol–water partition coefficient (Wildman–Crippen LogP) is 2.32. The number of rotatable bonds is 7. The van der Waals surface area contributed by atoms with Gasteiger partial charge in [0.05, 0.1) is 17.2 Å². The van der Waals surface area contributed by atoms with Crippen molar-refractivity contribution in [3.63, 3.8) is 0 Å². The Morgan fingerprint density at radius 1 is 1.04 bits per heavy atom. The van der Waals surface area contributed by atoms with Crippen LogP contribution in [0.3, 0.4) is 0 Å². The molecule has 0 spiro atoms. The van der Waals surface area contributed by atoms with Gasteiger partial charge in [-0.05, 0) is 36.1 Å². The van der Waals surface area contributed by atoms with Gasteiger partial charge in [0.1, 0.15) is 6.29 Å². The van der Waals surface area contributed by atoms with Crippen LogP contribution in [0.4, 0.5) is 0 Å². The Balaban J connectivity index is 1.90. The summed E-state index contributed by atoms with van der Waals surface area (Å²) >= 11 is 0. The number of amides is 2. The number of hydrogen-bond donors (Lipinski definition) is 0. The molecule has 2 aliphatic rings. The maximum atomic E-state index is 12.7. The summed E-state index contributed by atoms with van der Waals surface area (Å²) in [7, 11) is 0. The van der Waals surface area contributed by atoms with Crippen LogP contribution in [0.1, 0.15) is 44.7 Å². The van der Waals surface area contributed by atoms with Crippen LogP contribution in [-0.2, 0) is 17.9 Å². The maximum absolute atomic E-state index is 12.7. The Kier molecular flexibility index (Phi) is 4.44. The molecule has 5 nitrogen and oxygen atoms in total. The third-order valence-electron chi connectivity index (χ3n) is 4.57. The number of hydrogen-bond acceptors (Lipinski definition) is 4. The van der Waals surface area contributed by atoms with E-state index in [4.69, 9.17) is 0 Å². The van der Waals surface area contributed by atoms with Gasteiger partial charge >= 0.3 is 0 Å².